The number of anilines is 4. The number of hydrogen-bond acceptors (Lipinski definition) is 14. The molecule has 0 aromatic carbocycles. The van der Waals surface area contributed by atoms with Crippen LogP contribution in [0.4, 0.5) is 23.3 Å². The van der Waals surface area contributed by atoms with E-state index in [0.29, 0.717) is 34.9 Å². The zero-order chi connectivity index (χ0) is 41.3. The summed E-state index contributed by atoms with van der Waals surface area (Å²) in [6.45, 7) is 4.00. The van der Waals surface area contributed by atoms with Crippen molar-refractivity contribution in [3.8, 4) is 22.5 Å². The summed E-state index contributed by atoms with van der Waals surface area (Å²) in [5, 5.41) is 8.99. The number of carbonyl (C=O) groups is 2. The fraction of sp³-hybridized carbons (Fsp3) is 0.182. The molecule has 60 heavy (non-hydrogen) atoms. The molecule has 0 aliphatic heterocycles. The number of aryl methyl sites for hydroxylation is 2. The number of rotatable bonds is 8. The van der Waals surface area contributed by atoms with Gasteiger partial charge in [-0.25, -0.2) is 39.9 Å². The molecule has 2 fully saturated rings. The highest BCUT2D eigenvalue weighted by Crippen LogP contribution is 2.47. The zero-order valence-electron chi connectivity index (χ0n) is 32.6. The zero-order valence-corrected chi connectivity index (χ0v) is 32.6. The lowest BCUT2D eigenvalue weighted by molar-refractivity contribution is -0.118. The van der Waals surface area contributed by atoms with E-state index in [1.165, 1.54) is 0 Å². The molecule has 4 atom stereocenters. The monoisotopic (exact) mass is 794 g/mol. The van der Waals surface area contributed by atoms with Gasteiger partial charge in [0, 0.05) is 108 Å². The lowest BCUT2D eigenvalue weighted by Crippen LogP contribution is -2.15. The maximum absolute atomic E-state index is 12.6. The maximum Gasteiger partial charge on any atom is 0.229 e. The van der Waals surface area contributed by atoms with Crippen LogP contribution in [0, 0.1) is 25.7 Å². The molecule has 8 aromatic rings. The predicted octanol–water partition coefficient (Wildman–Crippen LogP) is 6.23. The molecule has 2 amide bonds. The number of nitrogens with two attached hydrogens (primary N) is 2. The van der Waals surface area contributed by atoms with Crippen LogP contribution >= 0.6 is 0 Å². The number of nitrogens with zero attached hydrogens (tertiary/aromatic N) is 10. The van der Waals surface area contributed by atoms with E-state index >= 15 is 0 Å². The lowest BCUT2D eigenvalue weighted by atomic mass is 10.1. The van der Waals surface area contributed by atoms with E-state index < -0.39 is 0 Å². The van der Waals surface area contributed by atoms with E-state index in [1.54, 1.807) is 74.1 Å². The summed E-state index contributed by atoms with van der Waals surface area (Å²) >= 11 is 0. The number of hydrogen-bond donors (Lipinski definition) is 4. The van der Waals surface area contributed by atoms with Gasteiger partial charge in [-0.05, 0) is 97.1 Å². The first-order valence-electron chi connectivity index (χ1n) is 19.3. The van der Waals surface area contributed by atoms with Gasteiger partial charge in [0.2, 0.25) is 11.8 Å². The molecule has 10 rings (SSSR count). The number of pyridine rings is 6. The molecular weight excluding hydrogens is 757 g/mol. The van der Waals surface area contributed by atoms with Gasteiger partial charge in [-0.2, -0.15) is 0 Å². The average Bonchev–Trinajstić information content (AvgIpc) is 4.20. The summed E-state index contributed by atoms with van der Waals surface area (Å²) in [4.78, 5) is 68.3. The Hall–Kier alpha value is -7.88. The van der Waals surface area contributed by atoms with Crippen molar-refractivity contribution in [1.82, 2.24) is 49.8 Å². The molecule has 6 N–H and O–H groups in total. The van der Waals surface area contributed by atoms with Crippen LogP contribution in [0.15, 0.2) is 110 Å². The highest BCUT2D eigenvalue weighted by molar-refractivity contribution is 6.00. The lowest BCUT2D eigenvalue weighted by Gasteiger charge is -2.10. The largest absolute Gasteiger partial charge is 0.383 e. The van der Waals surface area contributed by atoms with Gasteiger partial charge in [-0.1, -0.05) is 0 Å². The summed E-state index contributed by atoms with van der Waals surface area (Å²) in [6, 6.07) is 14.9. The number of carbonyl (C=O) groups excluding carboxylic acids is 2. The summed E-state index contributed by atoms with van der Waals surface area (Å²) in [7, 11) is 0. The highest BCUT2D eigenvalue weighted by atomic mass is 16.2. The molecule has 2 aliphatic rings. The van der Waals surface area contributed by atoms with Crippen molar-refractivity contribution < 1.29 is 9.59 Å². The molecule has 0 saturated heterocycles. The minimum atomic E-state index is -0.138. The fourth-order valence-electron chi connectivity index (χ4n) is 7.21. The van der Waals surface area contributed by atoms with Crippen molar-refractivity contribution in [1.29, 1.82) is 0 Å². The van der Waals surface area contributed by atoms with Crippen molar-refractivity contribution in [2.75, 3.05) is 22.1 Å². The van der Waals surface area contributed by atoms with E-state index in [1.807, 2.05) is 50.2 Å². The van der Waals surface area contributed by atoms with Gasteiger partial charge in [0.15, 0.2) is 0 Å². The van der Waals surface area contributed by atoms with Gasteiger partial charge in [0.25, 0.3) is 0 Å². The summed E-state index contributed by atoms with van der Waals surface area (Å²) in [5.41, 5.74) is 17.7. The van der Waals surface area contributed by atoms with E-state index in [0.717, 1.165) is 68.0 Å². The van der Waals surface area contributed by atoms with Crippen LogP contribution in [0.25, 0.3) is 44.1 Å². The van der Waals surface area contributed by atoms with E-state index in [9.17, 15) is 9.59 Å². The van der Waals surface area contributed by atoms with Crippen LogP contribution in [0.1, 0.15) is 47.5 Å². The highest BCUT2D eigenvalue weighted by Gasteiger charge is 2.47. The van der Waals surface area contributed by atoms with Crippen LogP contribution in [0.2, 0.25) is 0 Å². The molecule has 0 bridgehead atoms. The molecule has 2 aliphatic carbocycles. The molecule has 0 spiro atoms. The van der Waals surface area contributed by atoms with Crippen molar-refractivity contribution in [3.63, 3.8) is 0 Å². The Morgan fingerprint density at radius 2 is 0.983 bits per heavy atom. The van der Waals surface area contributed by atoms with Crippen molar-refractivity contribution in [3.05, 3.63) is 133 Å². The van der Waals surface area contributed by atoms with Crippen LogP contribution in [-0.4, -0.2) is 61.7 Å². The van der Waals surface area contributed by atoms with Crippen LogP contribution in [0.5, 0.6) is 0 Å². The van der Waals surface area contributed by atoms with Gasteiger partial charge in [0.1, 0.15) is 34.9 Å². The maximum atomic E-state index is 12.6. The van der Waals surface area contributed by atoms with Crippen molar-refractivity contribution >= 4 is 56.6 Å². The normalized spacial score (nSPS) is 17.6. The Morgan fingerprint density at radius 3 is 1.38 bits per heavy atom. The molecule has 0 radical (unpaired) electrons. The summed E-state index contributed by atoms with van der Waals surface area (Å²) in [5.74, 6) is 2.84. The summed E-state index contributed by atoms with van der Waals surface area (Å²) < 4.78 is 0. The quantitative estimate of drug-likeness (QED) is 0.133. The topological polar surface area (TPSA) is 239 Å². The van der Waals surface area contributed by atoms with E-state index in [4.69, 9.17) is 11.5 Å². The number of amides is 2. The SMILES string of the molecule is Cc1ccncc1-c1cc2cc(NC(=O)C3C[C@H]3c3ncccn3)ncc2c(N)n1.Cc1ccncc1-c1cc2cc(NC(=O)[C@H]3C[C@@H]3c3ncccn3)ncc2c(N)n1. The minimum Gasteiger partial charge on any atom is -0.383 e. The van der Waals surface area contributed by atoms with Gasteiger partial charge in [-0.3, -0.25) is 19.6 Å². The molecule has 16 heteroatoms. The smallest absolute Gasteiger partial charge is 0.229 e. The summed E-state index contributed by atoms with van der Waals surface area (Å²) in [6.07, 6.45) is 18.6. The van der Waals surface area contributed by atoms with Crippen molar-refractivity contribution in [2.45, 2.75) is 38.5 Å². The Balaban J connectivity index is 0.000000154. The van der Waals surface area contributed by atoms with Gasteiger partial charge in [0.05, 0.1) is 11.4 Å². The van der Waals surface area contributed by atoms with Gasteiger partial charge in [-0.15, -0.1) is 0 Å². The third-order valence-corrected chi connectivity index (χ3v) is 10.7. The molecular formula is C44H38N14O2. The van der Waals surface area contributed by atoms with Crippen LogP contribution < -0.4 is 22.1 Å². The fourth-order valence-corrected chi connectivity index (χ4v) is 7.21. The average molecular weight is 795 g/mol. The number of nitrogens with one attached hydrogen (secondary N) is 2. The standard InChI is InChI=1S/2C22H19N7O/c2*1-12-3-6-24-10-16(12)18-7-13-8-19(27-11-17(13)20(23)28-18)29-22(30)15-9-14(15)21-25-4-2-5-26-21/h2*2-8,10-11,14-15H,9H2,1H3,(H2,23,28)(H,27,29,30)/t14-,15?;14-,15-/m10/s1. The van der Waals surface area contributed by atoms with Crippen LogP contribution in [-0.2, 0) is 9.59 Å². The first-order valence-corrected chi connectivity index (χ1v) is 19.3. The number of aromatic nitrogens is 10. The molecule has 16 nitrogen and oxygen atoms in total. The second-order valence-electron chi connectivity index (χ2n) is 14.8. The Bertz CT molecular complexity index is 2720. The number of nitrogen functional groups attached to an aromatic ring is 2. The van der Waals surface area contributed by atoms with E-state index in [2.05, 4.69) is 60.5 Å². The third kappa shape index (κ3) is 7.85. The Kier molecular flexibility index (Phi) is 9.93. The van der Waals surface area contributed by atoms with E-state index in [-0.39, 0.29) is 35.5 Å². The van der Waals surface area contributed by atoms with Crippen molar-refractivity contribution in [2.24, 2.45) is 11.8 Å². The molecule has 296 valence electrons. The Labute approximate surface area is 343 Å². The number of fused-ring (bicyclic) bond motifs is 2. The first kappa shape index (κ1) is 37.7. The molecule has 2 saturated carbocycles. The minimum absolute atomic E-state index is 0.0617. The third-order valence-electron chi connectivity index (χ3n) is 10.7. The first-order chi connectivity index (χ1) is 29.2. The molecule has 1 unspecified atom stereocenters. The second kappa shape index (κ2) is 15.8. The Morgan fingerprint density at radius 1 is 0.567 bits per heavy atom. The predicted molar refractivity (Wildman–Crippen MR) is 227 cm³/mol. The second-order valence-corrected chi connectivity index (χ2v) is 14.8. The van der Waals surface area contributed by atoms with Gasteiger partial charge >= 0.3 is 0 Å². The molecule has 8 aromatic heterocycles. The van der Waals surface area contributed by atoms with Crippen LogP contribution in [0.3, 0.4) is 0 Å². The van der Waals surface area contributed by atoms with Gasteiger partial charge < -0.3 is 22.1 Å². The molecule has 8 heterocycles.